The zero-order chi connectivity index (χ0) is 18.0. The lowest BCUT2D eigenvalue weighted by Crippen LogP contribution is -2.45. The summed E-state index contributed by atoms with van der Waals surface area (Å²) in [6.07, 6.45) is 5.68. The van der Waals surface area contributed by atoms with Crippen LogP contribution in [-0.2, 0) is 16.1 Å². The lowest BCUT2D eigenvalue weighted by atomic mass is 9.78. The molecule has 0 bridgehead atoms. The van der Waals surface area contributed by atoms with Crippen LogP contribution in [0.1, 0.15) is 33.1 Å². The summed E-state index contributed by atoms with van der Waals surface area (Å²) in [6, 6.07) is 0. The van der Waals surface area contributed by atoms with Crippen molar-refractivity contribution >= 4 is 22.9 Å². The van der Waals surface area contributed by atoms with Crippen molar-refractivity contribution in [2.24, 2.45) is 5.41 Å². The summed E-state index contributed by atoms with van der Waals surface area (Å²) in [5.41, 5.74) is 6.83. The Morgan fingerprint density at radius 2 is 2.28 bits per heavy atom. The SMILES string of the molecule is CC1CC(C)(C(=O)N(C)CCCn2cnc3c(N)ncnc32)CCO1. The standard InChI is InChI=1S/C17H26N6O2/c1-12-9-17(2,5-8-25-12)16(24)22(3)6-4-7-23-11-21-13-14(18)19-10-20-15(13)23/h10-12H,4-9H2,1-3H3,(H2,18,19,20). The van der Waals surface area contributed by atoms with E-state index in [1.165, 1.54) is 6.33 Å². The number of amides is 1. The number of carbonyl (C=O) groups excluding carboxylic acids is 1. The predicted molar refractivity (Wildman–Crippen MR) is 94.7 cm³/mol. The summed E-state index contributed by atoms with van der Waals surface area (Å²) in [4.78, 5) is 27.1. The van der Waals surface area contributed by atoms with Crippen molar-refractivity contribution in [3.05, 3.63) is 12.7 Å². The van der Waals surface area contributed by atoms with Crippen molar-refractivity contribution in [2.75, 3.05) is 25.9 Å². The zero-order valence-electron chi connectivity index (χ0n) is 15.1. The van der Waals surface area contributed by atoms with E-state index in [2.05, 4.69) is 15.0 Å². The maximum Gasteiger partial charge on any atom is 0.228 e. The molecule has 0 aromatic carbocycles. The first kappa shape index (κ1) is 17.6. The molecule has 8 heteroatoms. The quantitative estimate of drug-likeness (QED) is 0.880. The number of aromatic nitrogens is 4. The van der Waals surface area contributed by atoms with E-state index < -0.39 is 0 Å². The Labute approximate surface area is 147 Å². The van der Waals surface area contributed by atoms with E-state index >= 15 is 0 Å². The number of nitrogen functional groups attached to an aromatic ring is 1. The number of hydrogen-bond donors (Lipinski definition) is 1. The van der Waals surface area contributed by atoms with Gasteiger partial charge in [0, 0.05) is 26.7 Å². The number of carbonyl (C=O) groups is 1. The second-order valence-electron chi connectivity index (χ2n) is 7.15. The van der Waals surface area contributed by atoms with E-state index in [1.807, 2.05) is 30.4 Å². The molecule has 0 spiro atoms. The van der Waals surface area contributed by atoms with Gasteiger partial charge in [-0.1, -0.05) is 6.92 Å². The van der Waals surface area contributed by atoms with Crippen LogP contribution in [0.2, 0.25) is 0 Å². The van der Waals surface area contributed by atoms with E-state index in [4.69, 9.17) is 10.5 Å². The molecule has 1 aliphatic rings. The highest BCUT2D eigenvalue weighted by Gasteiger charge is 2.39. The second kappa shape index (κ2) is 6.95. The minimum absolute atomic E-state index is 0.138. The average molecular weight is 346 g/mol. The van der Waals surface area contributed by atoms with Crippen molar-refractivity contribution in [1.82, 2.24) is 24.4 Å². The van der Waals surface area contributed by atoms with Gasteiger partial charge in [-0.25, -0.2) is 15.0 Å². The van der Waals surface area contributed by atoms with E-state index in [9.17, 15) is 4.79 Å². The molecule has 3 heterocycles. The Kier molecular flexibility index (Phi) is 4.89. The molecule has 3 rings (SSSR count). The molecule has 0 aliphatic carbocycles. The Bertz CT molecular complexity index is 761. The minimum atomic E-state index is -0.324. The topological polar surface area (TPSA) is 99.2 Å². The Hall–Kier alpha value is -2.22. The molecule has 1 aliphatic heterocycles. The van der Waals surface area contributed by atoms with Crippen LogP contribution in [0.3, 0.4) is 0 Å². The third-order valence-corrected chi connectivity index (χ3v) is 4.98. The van der Waals surface area contributed by atoms with Gasteiger partial charge in [0.15, 0.2) is 11.5 Å². The maximum atomic E-state index is 12.8. The molecule has 136 valence electrons. The summed E-state index contributed by atoms with van der Waals surface area (Å²) in [5.74, 6) is 0.585. The first-order chi connectivity index (χ1) is 11.9. The van der Waals surface area contributed by atoms with Crippen molar-refractivity contribution < 1.29 is 9.53 Å². The Morgan fingerprint density at radius 1 is 1.48 bits per heavy atom. The van der Waals surface area contributed by atoms with Gasteiger partial charge in [0.25, 0.3) is 0 Å². The van der Waals surface area contributed by atoms with Crippen molar-refractivity contribution in [3.63, 3.8) is 0 Å². The van der Waals surface area contributed by atoms with Gasteiger partial charge < -0.3 is 19.9 Å². The molecule has 8 nitrogen and oxygen atoms in total. The highest BCUT2D eigenvalue weighted by Crippen LogP contribution is 2.34. The van der Waals surface area contributed by atoms with Gasteiger partial charge in [0.1, 0.15) is 11.8 Å². The van der Waals surface area contributed by atoms with Crippen molar-refractivity contribution in [1.29, 1.82) is 0 Å². The number of hydrogen-bond acceptors (Lipinski definition) is 6. The van der Waals surface area contributed by atoms with Crippen molar-refractivity contribution in [3.8, 4) is 0 Å². The fourth-order valence-corrected chi connectivity index (χ4v) is 3.58. The van der Waals surface area contributed by atoms with E-state index in [1.54, 1.807) is 6.33 Å². The maximum absolute atomic E-state index is 12.8. The van der Waals surface area contributed by atoms with Gasteiger partial charge >= 0.3 is 0 Å². The summed E-state index contributed by atoms with van der Waals surface area (Å²) in [7, 11) is 1.87. The molecule has 1 amide bonds. The van der Waals surface area contributed by atoms with Gasteiger partial charge in [-0.15, -0.1) is 0 Å². The number of nitrogens with two attached hydrogens (primary N) is 1. The number of ether oxygens (including phenoxy) is 1. The molecule has 0 radical (unpaired) electrons. The molecule has 2 aromatic rings. The van der Waals surface area contributed by atoms with Gasteiger partial charge in [0.05, 0.1) is 17.8 Å². The monoisotopic (exact) mass is 346 g/mol. The van der Waals surface area contributed by atoms with Crippen LogP contribution < -0.4 is 5.73 Å². The summed E-state index contributed by atoms with van der Waals surface area (Å²) >= 11 is 0. The van der Waals surface area contributed by atoms with Gasteiger partial charge in [0.2, 0.25) is 5.91 Å². The predicted octanol–water partition coefficient (Wildman–Crippen LogP) is 1.46. The van der Waals surface area contributed by atoms with Crippen LogP contribution in [0.5, 0.6) is 0 Å². The molecular formula is C17H26N6O2. The van der Waals surface area contributed by atoms with E-state index in [0.29, 0.717) is 24.5 Å². The number of imidazole rings is 1. The first-order valence-electron chi connectivity index (χ1n) is 8.69. The van der Waals surface area contributed by atoms with E-state index in [-0.39, 0.29) is 17.4 Å². The van der Waals surface area contributed by atoms with Crippen molar-refractivity contribution in [2.45, 2.75) is 45.8 Å². The van der Waals surface area contributed by atoms with Gasteiger partial charge in [-0.2, -0.15) is 0 Å². The fourth-order valence-electron chi connectivity index (χ4n) is 3.58. The minimum Gasteiger partial charge on any atom is -0.382 e. The highest BCUT2D eigenvalue weighted by molar-refractivity contribution is 5.82. The first-order valence-corrected chi connectivity index (χ1v) is 8.69. The number of aryl methyl sites for hydroxylation is 1. The zero-order valence-corrected chi connectivity index (χ0v) is 15.1. The number of fused-ring (bicyclic) bond motifs is 1. The number of nitrogens with zero attached hydrogens (tertiary/aromatic N) is 5. The third kappa shape index (κ3) is 3.58. The van der Waals surface area contributed by atoms with Crippen LogP contribution in [0.25, 0.3) is 11.2 Å². The molecule has 1 saturated heterocycles. The molecule has 2 unspecified atom stereocenters. The lowest BCUT2D eigenvalue weighted by molar-refractivity contribution is -0.148. The van der Waals surface area contributed by atoms with Crippen LogP contribution in [0.4, 0.5) is 5.82 Å². The highest BCUT2D eigenvalue weighted by atomic mass is 16.5. The Morgan fingerprint density at radius 3 is 3.04 bits per heavy atom. The Balaban J connectivity index is 1.57. The third-order valence-electron chi connectivity index (χ3n) is 4.98. The fraction of sp³-hybridized carbons (Fsp3) is 0.647. The summed E-state index contributed by atoms with van der Waals surface area (Å²) in [5, 5.41) is 0. The second-order valence-corrected chi connectivity index (χ2v) is 7.15. The molecule has 2 aromatic heterocycles. The van der Waals surface area contributed by atoms with Gasteiger partial charge in [-0.3, -0.25) is 4.79 Å². The largest absolute Gasteiger partial charge is 0.382 e. The van der Waals surface area contributed by atoms with Crippen LogP contribution in [0, 0.1) is 5.41 Å². The van der Waals surface area contributed by atoms with Crippen LogP contribution >= 0.6 is 0 Å². The normalized spacial score (nSPS) is 23.7. The van der Waals surface area contributed by atoms with Gasteiger partial charge in [-0.05, 0) is 26.2 Å². The molecule has 1 fully saturated rings. The lowest BCUT2D eigenvalue weighted by Gasteiger charge is -2.38. The number of anilines is 1. The summed E-state index contributed by atoms with van der Waals surface area (Å²) in [6.45, 7) is 6.14. The number of rotatable bonds is 5. The molecule has 2 atom stereocenters. The molecule has 2 N–H and O–H groups in total. The average Bonchev–Trinajstić information content (AvgIpc) is 2.98. The van der Waals surface area contributed by atoms with E-state index in [0.717, 1.165) is 31.5 Å². The summed E-state index contributed by atoms with van der Waals surface area (Å²) < 4.78 is 7.53. The smallest absolute Gasteiger partial charge is 0.228 e. The molecule has 0 saturated carbocycles. The van der Waals surface area contributed by atoms with Crippen LogP contribution in [-0.4, -0.2) is 56.6 Å². The van der Waals surface area contributed by atoms with Crippen LogP contribution in [0.15, 0.2) is 12.7 Å². The molecular weight excluding hydrogens is 320 g/mol. The molecule has 25 heavy (non-hydrogen) atoms.